The van der Waals surface area contributed by atoms with E-state index in [0.717, 1.165) is 99.2 Å². The van der Waals surface area contributed by atoms with Gasteiger partial charge in [0, 0.05) is 124 Å². The molecule has 0 saturated heterocycles. The zero-order valence-electron chi connectivity index (χ0n) is 51.8. The number of carbonyl (C=O) groups is 1. The number of hydrogen-bond acceptors (Lipinski definition) is 14. The molecule has 7 aromatic rings. The molecule has 0 atom stereocenters. The van der Waals surface area contributed by atoms with Gasteiger partial charge in [0.15, 0.2) is 5.71 Å². The Morgan fingerprint density at radius 3 is 1.71 bits per heavy atom. The fourth-order valence-corrected chi connectivity index (χ4v) is 12.8. The molecule has 0 radical (unpaired) electrons. The summed E-state index contributed by atoms with van der Waals surface area (Å²) >= 11 is 0. The molecule has 0 unspecified atom stereocenters. The van der Waals surface area contributed by atoms with Crippen LogP contribution in [0.2, 0.25) is 0 Å². The van der Waals surface area contributed by atoms with Crippen molar-refractivity contribution in [2.24, 2.45) is 0 Å². The Kier molecular flexibility index (Phi) is 23.7. The van der Waals surface area contributed by atoms with Crippen LogP contribution in [0.15, 0.2) is 198 Å². The van der Waals surface area contributed by atoms with E-state index in [1.165, 1.54) is 24.3 Å². The van der Waals surface area contributed by atoms with E-state index in [2.05, 4.69) is 62.7 Å². The second-order valence-electron chi connectivity index (χ2n) is 23.4. The molecule has 9 rings (SSSR count). The molecule has 0 saturated carbocycles. The normalized spacial score (nSPS) is 14.9. The number of benzene rings is 3. The molecule has 3 aromatic carbocycles. The van der Waals surface area contributed by atoms with Crippen LogP contribution in [-0.4, -0.2) is 98.1 Å². The van der Waals surface area contributed by atoms with Gasteiger partial charge in [0.1, 0.15) is 22.4 Å². The number of rotatable bonds is 30. The Balaban J connectivity index is 0.0000102. The van der Waals surface area contributed by atoms with Gasteiger partial charge in [0.25, 0.3) is 10.1 Å². The summed E-state index contributed by atoms with van der Waals surface area (Å²) in [6.07, 6.45) is 21.2. The van der Waals surface area contributed by atoms with Crippen molar-refractivity contribution in [1.29, 1.82) is 0 Å². The number of aromatic nitrogens is 4. The molecule has 2 aliphatic heterocycles. The third-order valence-electron chi connectivity index (χ3n) is 16.1. The van der Waals surface area contributed by atoms with Gasteiger partial charge in [0.05, 0.1) is 44.6 Å². The van der Waals surface area contributed by atoms with Crippen molar-refractivity contribution >= 4 is 43.2 Å². The minimum absolute atomic E-state index is 0. The molecule has 460 valence electrons. The SMILES string of the molecule is CCN1C(=CC=CC=CC2=[N+](CCCCCC(=O)NCCCCOc3cc(CN(Cc4ccccn4)Cc4ccccn4)cc(CN(Cc4ccccn4)Cc4ccccn4)c3)c3ccc(S(=O)(=O)[O-])cc3C2(C)C)C(C)(C)c2cc(S(=O)(=O)O)ccc21.[Na+]. The van der Waals surface area contributed by atoms with Crippen LogP contribution in [0, 0.1) is 0 Å². The number of amides is 1. The van der Waals surface area contributed by atoms with E-state index in [1.54, 1.807) is 12.1 Å². The van der Waals surface area contributed by atoms with Crippen LogP contribution < -0.4 is 44.5 Å². The van der Waals surface area contributed by atoms with Gasteiger partial charge in [-0.1, -0.05) is 62.4 Å². The quantitative estimate of drug-likeness (QED) is 0.0142. The van der Waals surface area contributed by atoms with Gasteiger partial charge in [-0.15, -0.1) is 0 Å². The van der Waals surface area contributed by atoms with Crippen LogP contribution in [0.25, 0.3) is 0 Å². The summed E-state index contributed by atoms with van der Waals surface area (Å²) in [6, 6.07) is 39.7. The molecule has 2 N–H and O–H groups in total. The molecule has 0 spiro atoms. The van der Waals surface area contributed by atoms with Crippen LogP contribution in [-0.2, 0) is 75.1 Å². The monoisotopic (exact) mass is 1250 g/mol. The van der Waals surface area contributed by atoms with Crippen molar-refractivity contribution < 1.29 is 69.6 Å². The number of anilines is 1. The summed E-state index contributed by atoms with van der Waals surface area (Å²) in [4.78, 5) is 38.2. The van der Waals surface area contributed by atoms with Crippen molar-refractivity contribution in [2.45, 2.75) is 133 Å². The zero-order chi connectivity index (χ0) is 62.3. The first-order chi connectivity index (χ1) is 42.3. The molecule has 4 aromatic heterocycles. The van der Waals surface area contributed by atoms with Crippen LogP contribution in [0.3, 0.4) is 0 Å². The topological polar surface area (TPSA) is 214 Å². The number of likely N-dealkylation sites (N-methyl/N-ethyl adjacent to an activating group) is 1. The van der Waals surface area contributed by atoms with Gasteiger partial charge >= 0.3 is 29.6 Å². The molecule has 0 aliphatic carbocycles. The molecule has 20 heteroatoms. The number of hydrogen-bond donors (Lipinski definition) is 2. The van der Waals surface area contributed by atoms with Crippen molar-refractivity contribution in [3.8, 4) is 5.75 Å². The number of nitrogens with one attached hydrogen (secondary N) is 1. The number of fused-ring (bicyclic) bond motifs is 2. The molecule has 0 bridgehead atoms. The van der Waals surface area contributed by atoms with Crippen LogP contribution in [0.4, 0.5) is 11.4 Å². The minimum Gasteiger partial charge on any atom is -0.744 e. The first kappa shape index (κ1) is 67.9. The summed E-state index contributed by atoms with van der Waals surface area (Å²) in [5.74, 6) is 0.768. The van der Waals surface area contributed by atoms with Gasteiger partial charge < -0.3 is 19.5 Å². The summed E-state index contributed by atoms with van der Waals surface area (Å²) in [5.41, 5.74) is 9.99. The third kappa shape index (κ3) is 18.3. The van der Waals surface area contributed by atoms with E-state index >= 15 is 0 Å². The number of nitrogens with zero attached hydrogens (tertiary/aromatic N) is 8. The standard InChI is InChI=1S/C69H79N9O8S2.Na/c1-6-77-63-32-30-59(87(80,81)82)44-61(63)68(2,3)65(77)27-9-7-10-28-66-69(4,5)62-45-60(88(83,84)85)31-33-64(62)78(66)39-21-8-11-29-67(79)74-38-20-22-40-86-58-42-52(46-75(48-54-23-12-16-34-70-54)49-55-24-13-17-35-71-55)41-53(43-58)47-76(50-56-25-14-18-36-72-56)51-57-26-15-19-37-73-57;/h7,9-10,12-19,23-28,30-37,41-45H,6,8,11,20-22,29,38-40,46-51H2,1-5H3,(H2-,74,79,80,81,82,83,84,85);/q;+1. The predicted molar refractivity (Wildman–Crippen MR) is 341 cm³/mol. The molecule has 89 heavy (non-hydrogen) atoms. The molecular weight excluding hydrogens is 1170 g/mol. The smallest absolute Gasteiger partial charge is 0.744 e. The summed E-state index contributed by atoms with van der Waals surface area (Å²) in [5, 5.41) is 3.11. The van der Waals surface area contributed by atoms with E-state index in [9.17, 15) is 30.7 Å². The largest absolute Gasteiger partial charge is 1.00 e. The van der Waals surface area contributed by atoms with E-state index in [0.29, 0.717) is 78.4 Å². The predicted octanol–water partition coefficient (Wildman–Crippen LogP) is 8.55. The molecular formula is C69H79N9NaO8S2+. The zero-order valence-corrected chi connectivity index (χ0v) is 55.5. The Hall–Kier alpha value is -7.04. The van der Waals surface area contributed by atoms with Crippen LogP contribution >= 0.6 is 0 Å². The molecule has 1 amide bonds. The Bertz CT molecular complexity index is 3700. The number of ether oxygens (including phenoxy) is 1. The average Bonchev–Trinajstić information content (AvgIpc) is 1.64. The summed E-state index contributed by atoms with van der Waals surface area (Å²) in [6.45, 7) is 16.1. The third-order valence-corrected chi connectivity index (χ3v) is 17.8. The van der Waals surface area contributed by atoms with E-state index in [4.69, 9.17) is 4.74 Å². The Morgan fingerprint density at radius 1 is 0.640 bits per heavy atom. The maximum Gasteiger partial charge on any atom is 1.00 e. The first-order valence-corrected chi connectivity index (χ1v) is 32.9. The molecule has 6 heterocycles. The fraction of sp³-hybridized carbons (Fsp3) is 0.333. The van der Waals surface area contributed by atoms with Crippen molar-refractivity contribution in [3.05, 3.63) is 233 Å². The summed E-state index contributed by atoms with van der Waals surface area (Å²) < 4.78 is 79.1. The van der Waals surface area contributed by atoms with E-state index in [1.807, 2.05) is 163 Å². The molecule has 2 aliphatic rings. The van der Waals surface area contributed by atoms with Crippen molar-refractivity contribution in [3.63, 3.8) is 0 Å². The minimum atomic E-state index is -4.70. The van der Waals surface area contributed by atoms with E-state index in [-0.39, 0.29) is 45.3 Å². The number of unbranched alkanes of at least 4 members (excludes halogenated alkanes) is 3. The fourth-order valence-electron chi connectivity index (χ4n) is 11.8. The van der Waals surface area contributed by atoms with Gasteiger partial charge in [0.2, 0.25) is 11.6 Å². The molecule has 0 fully saturated rings. The van der Waals surface area contributed by atoms with Crippen molar-refractivity contribution in [1.82, 2.24) is 35.1 Å². The Morgan fingerprint density at radius 2 is 1.19 bits per heavy atom. The molecule has 17 nitrogen and oxygen atoms in total. The van der Waals surface area contributed by atoms with Gasteiger partial charge in [-0.3, -0.25) is 39.1 Å². The van der Waals surface area contributed by atoms with Crippen LogP contribution in [0.5, 0.6) is 5.75 Å². The maximum absolute atomic E-state index is 13.2. The first-order valence-electron chi connectivity index (χ1n) is 30.0. The van der Waals surface area contributed by atoms with Crippen molar-refractivity contribution in [2.75, 3.05) is 31.1 Å². The Labute approximate surface area is 547 Å². The summed E-state index contributed by atoms with van der Waals surface area (Å²) in [7, 11) is -9.08. The second kappa shape index (κ2) is 31.1. The second-order valence-corrected chi connectivity index (χ2v) is 26.2. The van der Waals surface area contributed by atoms with Gasteiger partial charge in [-0.2, -0.15) is 13.0 Å². The van der Waals surface area contributed by atoms with Gasteiger partial charge in [-0.05, 0) is 160 Å². The van der Waals surface area contributed by atoms with Crippen LogP contribution in [0.1, 0.15) is 118 Å². The average molecular weight is 1250 g/mol. The maximum atomic E-state index is 13.2. The number of pyridine rings is 4. The number of carbonyl (C=O) groups excluding carboxylic acids is 1. The van der Waals surface area contributed by atoms with E-state index < -0.39 is 31.1 Å². The van der Waals surface area contributed by atoms with Gasteiger partial charge in [-0.25, -0.2) is 8.42 Å². The number of allylic oxidation sites excluding steroid dienone is 6.